The first kappa shape index (κ1) is 13.7. The Morgan fingerprint density at radius 2 is 2.06 bits per heavy atom. The number of aromatic nitrogens is 2. The molecule has 0 spiro atoms. The van der Waals surface area contributed by atoms with Crippen molar-refractivity contribution < 1.29 is 0 Å². The van der Waals surface area contributed by atoms with Gasteiger partial charge in [0.2, 0.25) is 5.95 Å². The van der Waals surface area contributed by atoms with Crippen molar-refractivity contribution >= 4 is 17.7 Å². The highest BCUT2D eigenvalue weighted by atomic mass is 32.2. The molecule has 0 unspecified atom stereocenters. The minimum Gasteiger partial charge on any atom is -0.354 e. The van der Waals surface area contributed by atoms with E-state index in [0.29, 0.717) is 0 Å². The number of nitrogens with one attached hydrogen (secondary N) is 1. The Morgan fingerprint density at radius 1 is 1.28 bits per heavy atom. The molecular weight excluding hydrogens is 242 g/mol. The molecule has 3 nitrogen and oxygen atoms in total. The summed E-state index contributed by atoms with van der Waals surface area (Å²) in [5, 5.41) is 5.17. The lowest BCUT2D eigenvalue weighted by atomic mass is 10.0. The number of rotatable bonds is 5. The van der Waals surface area contributed by atoms with Crippen molar-refractivity contribution in [1.29, 1.82) is 0 Å². The maximum absolute atomic E-state index is 4.61. The largest absolute Gasteiger partial charge is 0.354 e. The molecule has 1 aromatic rings. The van der Waals surface area contributed by atoms with Crippen LogP contribution in [0, 0.1) is 6.92 Å². The van der Waals surface area contributed by atoms with Crippen LogP contribution in [0.15, 0.2) is 11.1 Å². The lowest BCUT2D eigenvalue weighted by molar-refractivity contribution is 0.515. The summed E-state index contributed by atoms with van der Waals surface area (Å²) in [5.41, 5.74) is 1.06. The molecule has 0 radical (unpaired) electrons. The van der Waals surface area contributed by atoms with Gasteiger partial charge in [0.25, 0.3) is 0 Å². The molecule has 2 rings (SSSR count). The minimum absolute atomic E-state index is 0.757. The van der Waals surface area contributed by atoms with Crippen LogP contribution in [0.2, 0.25) is 0 Å². The van der Waals surface area contributed by atoms with E-state index in [4.69, 9.17) is 0 Å². The fraction of sp³-hybridized carbons (Fsp3) is 0.714. The van der Waals surface area contributed by atoms with Gasteiger partial charge in [-0.1, -0.05) is 26.2 Å². The van der Waals surface area contributed by atoms with E-state index in [-0.39, 0.29) is 0 Å². The molecule has 1 fully saturated rings. The summed E-state index contributed by atoms with van der Waals surface area (Å²) in [6, 6.07) is 2.11. The summed E-state index contributed by atoms with van der Waals surface area (Å²) in [4.78, 5) is 9.03. The molecule has 1 saturated carbocycles. The SMILES string of the molecule is CCCNc1nc(C)cc(SC2CCCCC2)n1. The van der Waals surface area contributed by atoms with Crippen LogP contribution in [0.3, 0.4) is 0 Å². The Bertz CT molecular complexity index is 375. The third-order valence-corrected chi connectivity index (χ3v) is 4.46. The van der Waals surface area contributed by atoms with Gasteiger partial charge in [0.05, 0.1) is 0 Å². The standard InChI is InChI=1S/C14H23N3S/c1-3-9-15-14-16-11(2)10-13(17-14)18-12-7-5-4-6-8-12/h10,12H,3-9H2,1-2H3,(H,15,16,17). The smallest absolute Gasteiger partial charge is 0.223 e. The normalized spacial score (nSPS) is 16.8. The van der Waals surface area contributed by atoms with Crippen molar-refractivity contribution in [2.45, 2.75) is 62.6 Å². The van der Waals surface area contributed by atoms with Crippen LogP contribution in [0.5, 0.6) is 0 Å². The molecule has 1 aliphatic rings. The van der Waals surface area contributed by atoms with E-state index in [2.05, 4.69) is 28.3 Å². The van der Waals surface area contributed by atoms with E-state index >= 15 is 0 Å². The fourth-order valence-corrected chi connectivity index (χ4v) is 3.56. The van der Waals surface area contributed by atoms with Gasteiger partial charge in [-0.15, -0.1) is 11.8 Å². The highest BCUT2D eigenvalue weighted by Crippen LogP contribution is 2.33. The van der Waals surface area contributed by atoms with Crippen LogP contribution in [0.4, 0.5) is 5.95 Å². The zero-order valence-corrected chi connectivity index (χ0v) is 12.2. The number of hydrogen-bond acceptors (Lipinski definition) is 4. The second kappa shape index (κ2) is 6.98. The van der Waals surface area contributed by atoms with Gasteiger partial charge >= 0.3 is 0 Å². The maximum Gasteiger partial charge on any atom is 0.223 e. The molecule has 1 N–H and O–H groups in total. The molecule has 1 aliphatic carbocycles. The number of thioether (sulfide) groups is 1. The minimum atomic E-state index is 0.757. The average molecular weight is 265 g/mol. The van der Waals surface area contributed by atoms with Crippen LogP contribution in [-0.2, 0) is 0 Å². The molecule has 0 aromatic carbocycles. The van der Waals surface area contributed by atoms with Gasteiger partial charge in [-0.25, -0.2) is 9.97 Å². The van der Waals surface area contributed by atoms with Gasteiger partial charge in [0.15, 0.2) is 0 Å². The first-order valence-electron chi connectivity index (χ1n) is 7.04. The topological polar surface area (TPSA) is 37.8 Å². The van der Waals surface area contributed by atoms with Crippen molar-refractivity contribution in [1.82, 2.24) is 9.97 Å². The molecule has 1 heterocycles. The third-order valence-electron chi connectivity index (χ3n) is 3.20. The van der Waals surface area contributed by atoms with E-state index in [0.717, 1.165) is 34.9 Å². The molecule has 4 heteroatoms. The van der Waals surface area contributed by atoms with Gasteiger partial charge in [-0.05, 0) is 32.3 Å². The Balaban J connectivity index is 1.99. The van der Waals surface area contributed by atoms with Crippen molar-refractivity contribution in [3.8, 4) is 0 Å². The van der Waals surface area contributed by atoms with E-state index in [1.165, 1.54) is 32.1 Å². The van der Waals surface area contributed by atoms with Crippen molar-refractivity contribution in [2.75, 3.05) is 11.9 Å². The predicted molar refractivity (Wildman–Crippen MR) is 78.3 cm³/mol. The second-order valence-corrected chi connectivity index (χ2v) is 6.30. The number of nitrogens with zero attached hydrogens (tertiary/aromatic N) is 2. The number of anilines is 1. The second-order valence-electron chi connectivity index (χ2n) is 4.98. The maximum atomic E-state index is 4.61. The number of hydrogen-bond donors (Lipinski definition) is 1. The average Bonchev–Trinajstić information content (AvgIpc) is 2.37. The van der Waals surface area contributed by atoms with E-state index in [1.807, 2.05) is 18.7 Å². The molecular formula is C14H23N3S. The zero-order chi connectivity index (χ0) is 12.8. The van der Waals surface area contributed by atoms with Gasteiger partial charge in [-0.2, -0.15) is 0 Å². The predicted octanol–water partition coefficient (Wildman–Crippen LogP) is 4.03. The Hall–Kier alpha value is -0.770. The van der Waals surface area contributed by atoms with Crippen LogP contribution < -0.4 is 5.32 Å². The van der Waals surface area contributed by atoms with E-state index in [9.17, 15) is 0 Å². The Kier molecular flexibility index (Phi) is 5.29. The lowest BCUT2D eigenvalue weighted by Crippen LogP contribution is -2.10. The monoisotopic (exact) mass is 265 g/mol. The first-order chi connectivity index (χ1) is 8.78. The molecule has 0 atom stereocenters. The molecule has 0 bridgehead atoms. The van der Waals surface area contributed by atoms with Gasteiger partial charge in [0.1, 0.15) is 5.03 Å². The van der Waals surface area contributed by atoms with Crippen molar-refractivity contribution in [2.24, 2.45) is 0 Å². The van der Waals surface area contributed by atoms with E-state index < -0.39 is 0 Å². The number of aryl methyl sites for hydroxylation is 1. The quantitative estimate of drug-likeness (QED) is 0.816. The molecule has 0 aliphatic heterocycles. The van der Waals surface area contributed by atoms with E-state index in [1.54, 1.807) is 0 Å². The molecule has 18 heavy (non-hydrogen) atoms. The molecule has 0 saturated heterocycles. The van der Waals surface area contributed by atoms with Gasteiger partial charge in [-0.3, -0.25) is 0 Å². The van der Waals surface area contributed by atoms with Crippen molar-refractivity contribution in [3.63, 3.8) is 0 Å². The Labute approximate surface area is 114 Å². The summed E-state index contributed by atoms with van der Waals surface area (Å²) < 4.78 is 0. The highest BCUT2D eigenvalue weighted by molar-refractivity contribution is 7.99. The molecule has 100 valence electrons. The Morgan fingerprint density at radius 3 is 2.78 bits per heavy atom. The van der Waals surface area contributed by atoms with Gasteiger partial charge in [0, 0.05) is 17.5 Å². The lowest BCUT2D eigenvalue weighted by Gasteiger charge is -2.20. The molecule has 0 amide bonds. The van der Waals surface area contributed by atoms with Crippen LogP contribution >= 0.6 is 11.8 Å². The zero-order valence-electron chi connectivity index (χ0n) is 11.4. The summed E-state index contributed by atoms with van der Waals surface area (Å²) >= 11 is 1.94. The summed E-state index contributed by atoms with van der Waals surface area (Å²) in [6.45, 7) is 5.14. The summed E-state index contributed by atoms with van der Waals surface area (Å²) in [6.07, 6.45) is 7.94. The summed E-state index contributed by atoms with van der Waals surface area (Å²) in [7, 11) is 0. The summed E-state index contributed by atoms with van der Waals surface area (Å²) in [5.74, 6) is 0.787. The third kappa shape index (κ3) is 4.16. The fourth-order valence-electron chi connectivity index (χ4n) is 2.27. The molecule has 1 aromatic heterocycles. The van der Waals surface area contributed by atoms with Crippen LogP contribution in [-0.4, -0.2) is 21.8 Å². The van der Waals surface area contributed by atoms with Gasteiger partial charge < -0.3 is 5.32 Å². The van der Waals surface area contributed by atoms with Crippen molar-refractivity contribution in [3.05, 3.63) is 11.8 Å². The van der Waals surface area contributed by atoms with Crippen LogP contribution in [0.25, 0.3) is 0 Å². The highest BCUT2D eigenvalue weighted by Gasteiger charge is 2.15. The first-order valence-corrected chi connectivity index (χ1v) is 7.92. The van der Waals surface area contributed by atoms with Crippen LogP contribution in [0.1, 0.15) is 51.1 Å².